The van der Waals surface area contributed by atoms with Crippen LogP contribution in [0.15, 0.2) is 24.3 Å². The third-order valence-corrected chi connectivity index (χ3v) is 2.20. The molecule has 1 aromatic carbocycles. The summed E-state index contributed by atoms with van der Waals surface area (Å²) in [7, 11) is 0. The Morgan fingerprint density at radius 3 is 2.56 bits per heavy atom. The summed E-state index contributed by atoms with van der Waals surface area (Å²) in [5.74, 6) is -0.195. The molecule has 0 aliphatic carbocycles. The van der Waals surface area contributed by atoms with Gasteiger partial charge in [-0.1, -0.05) is 29.8 Å². The van der Waals surface area contributed by atoms with E-state index in [0.717, 1.165) is 12.8 Å². The number of carboxylic acid groups (broad SMARTS) is 1. The fourth-order valence-corrected chi connectivity index (χ4v) is 1.36. The number of benzene rings is 1. The van der Waals surface area contributed by atoms with E-state index in [9.17, 15) is 4.79 Å². The number of carbonyl (C=O) groups is 1. The van der Waals surface area contributed by atoms with E-state index in [2.05, 4.69) is 4.74 Å². The van der Waals surface area contributed by atoms with E-state index >= 15 is 0 Å². The van der Waals surface area contributed by atoms with Crippen LogP contribution in [0.1, 0.15) is 24.0 Å². The van der Waals surface area contributed by atoms with Gasteiger partial charge < -0.3 is 9.84 Å². The van der Waals surface area contributed by atoms with Crippen molar-refractivity contribution >= 4 is 12.1 Å². The van der Waals surface area contributed by atoms with Crippen LogP contribution < -0.4 is 0 Å². The summed E-state index contributed by atoms with van der Waals surface area (Å²) < 4.78 is 4.21. The van der Waals surface area contributed by atoms with Crippen molar-refractivity contribution in [2.24, 2.45) is 0 Å². The van der Waals surface area contributed by atoms with Crippen LogP contribution in [-0.4, -0.2) is 17.2 Å². The third kappa shape index (κ3) is 4.59. The van der Waals surface area contributed by atoms with Crippen molar-refractivity contribution in [1.82, 2.24) is 0 Å². The van der Waals surface area contributed by atoms with Gasteiger partial charge in [-0.25, -0.2) is 4.79 Å². The summed E-state index contributed by atoms with van der Waals surface area (Å²) in [6.45, 7) is 2.03. The first-order chi connectivity index (χ1) is 7.58. The highest BCUT2D eigenvalue weighted by Crippen LogP contribution is 2.07. The van der Waals surface area contributed by atoms with Gasteiger partial charge in [0.1, 0.15) is 0 Å². The van der Waals surface area contributed by atoms with Crippen molar-refractivity contribution in [3.63, 3.8) is 0 Å². The topological polar surface area (TPSA) is 70.4 Å². The minimum Gasteiger partial charge on any atom is -0.449 e. The molecular weight excluding hydrogens is 206 g/mol. The maximum Gasteiger partial charge on any atom is 0.512 e. The van der Waals surface area contributed by atoms with Crippen molar-refractivity contribution in [1.29, 1.82) is 5.41 Å². The molecule has 4 nitrogen and oxygen atoms in total. The van der Waals surface area contributed by atoms with Gasteiger partial charge >= 0.3 is 6.16 Å². The second kappa shape index (κ2) is 5.90. The van der Waals surface area contributed by atoms with Crippen LogP contribution in [-0.2, 0) is 11.2 Å². The standard InChI is InChI=1S/C12H15NO3/c1-9-5-7-10(8-6-9)3-2-4-11(13)16-12(14)15/h5-8,13H,2-4H2,1H3,(H,14,15). The predicted octanol–water partition coefficient (Wildman–Crippen LogP) is 2.99. The van der Waals surface area contributed by atoms with Gasteiger partial charge in [0.05, 0.1) is 0 Å². The van der Waals surface area contributed by atoms with Gasteiger partial charge in [-0.3, -0.25) is 5.41 Å². The molecule has 16 heavy (non-hydrogen) atoms. The quantitative estimate of drug-likeness (QED) is 0.466. The summed E-state index contributed by atoms with van der Waals surface area (Å²) in [5, 5.41) is 15.5. The normalized spacial score (nSPS) is 9.81. The lowest BCUT2D eigenvalue weighted by Gasteiger charge is -2.03. The monoisotopic (exact) mass is 221 g/mol. The van der Waals surface area contributed by atoms with Gasteiger partial charge in [-0.05, 0) is 25.3 Å². The van der Waals surface area contributed by atoms with E-state index in [1.807, 2.05) is 31.2 Å². The third-order valence-electron chi connectivity index (χ3n) is 2.20. The molecule has 0 bridgehead atoms. The average molecular weight is 221 g/mol. The Morgan fingerprint density at radius 2 is 2.00 bits per heavy atom. The molecule has 2 N–H and O–H groups in total. The molecule has 0 aliphatic heterocycles. The molecule has 4 heteroatoms. The Hall–Kier alpha value is -1.84. The lowest BCUT2D eigenvalue weighted by molar-refractivity contribution is 0.139. The highest BCUT2D eigenvalue weighted by Gasteiger charge is 2.03. The van der Waals surface area contributed by atoms with E-state index < -0.39 is 6.16 Å². The lowest BCUT2D eigenvalue weighted by Crippen LogP contribution is -2.08. The van der Waals surface area contributed by atoms with Crippen LogP contribution in [0.25, 0.3) is 0 Å². The molecule has 1 aromatic rings. The molecule has 0 aromatic heterocycles. The molecule has 0 spiro atoms. The number of ether oxygens (including phenoxy) is 1. The van der Waals surface area contributed by atoms with E-state index in [4.69, 9.17) is 10.5 Å². The van der Waals surface area contributed by atoms with Crippen molar-refractivity contribution in [3.05, 3.63) is 35.4 Å². The van der Waals surface area contributed by atoms with Crippen LogP contribution >= 0.6 is 0 Å². The summed E-state index contributed by atoms with van der Waals surface area (Å²) in [6.07, 6.45) is 0.474. The molecule has 0 saturated carbocycles. The summed E-state index contributed by atoms with van der Waals surface area (Å²) >= 11 is 0. The first-order valence-electron chi connectivity index (χ1n) is 5.11. The molecule has 0 atom stereocenters. The number of nitrogens with one attached hydrogen (secondary N) is 1. The van der Waals surface area contributed by atoms with Crippen molar-refractivity contribution in [3.8, 4) is 0 Å². The Bertz CT molecular complexity index is 370. The van der Waals surface area contributed by atoms with Crippen LogP contribution in [0.4, 0.5) is 4.79 Å². The van der Waals surface area contributed by atoms with E-state index in [-0.39, 0.29) is 5.90 Å². The maximum atomic E-state index is 10.1. The van der Waals surface area contributed by atoms with Crippen molar-refractivity contribution in [2.45, 2.75) is 26.2 Å². The van der Waals surface area contributed by atoms with Crippen molar-refractivity contribution in [2.75, 3.05) is 0 Å². The summed E-state index contributed by atoms with van der Waals surface area (Å²) in [4.78, 5) is 10.1. The molecular formula is C12H15NO3. The minimum atomic E-state index is -1.42. The van der Waals surface area contributed by atoms with Gasteiger partial charge in [-0.15, -0.1) is 0 Å². The van der Waals surface area contributed by atoms with Gasteiger partial charge in [0, 0.05) is 6.42 Å². The van der Waals surface area contributed by atoms with Crippen LogP contribution in [0, 0.1) is 12.3 Å². The molecule has 0 heterocycles. The zero-order valence-electron chi connectivity index (χ0n) is 9.19. The van der Waals surface area contributed by atoms with Crippen LogP contribution in [0.2, 0.25) is 0 Å². The number of aryl methyl sites for hydroxylation is 2. The molecule has 1 rings (SSSR count). The summed E-state index contributed by atoms with van der Waals surface area (Å²) in [5.41, 5.74) is 2.40. The highest BCUT2D eigenvalue weighted by molar-refractivity contribution is 5.82. The Kier molecular flexibility index (Phi) is 4.51. The van der Waals surface area contributed by atoms with Gasteiger partial charge in [0.15, 0.2) is 5.90 Å². The summed E-state index contributed by atoms with van der Waals surface area (Å²) in [6, 6.07) is 8.15. The molecule has 0 radical (unpaired) electrons. The molecule has 0 fully saturated rings. The number of rotatable bonds is 4. The fourth-order valence-electron chi connectivity index (χ4n) is 1.36. The minimum absolute atomic E-state index is 0.195. The van der Waals surface area contributed by atoms with Crippen molar-refractivity contribution < 1.29 is 14.6 Å². The van der Waals surface area contributed by atoms with E-state index in [1.54, 1.807) is 0 Å². The smallest absolute Gasteiger partial charge is 0.449 e. The molecule has 0 unspecified atom stereocenters. The Balaban J connectivity index is 2.28. The average Bonchev–Trinajstić information content (AvgIpc) is 2.20. The van der Waals surface area contributed by atoms with E-state index in [0.29, 0.717) is 6.42 Å². The maximum absolute atomic E-state index is 10.1. The fraction of sp³-hybridized carbons (Fsp3) is 0.333. The zero-order chi connectivity index (χ0) is 12.0. The number of hydrogen-bond acceptors (Lipinski definition) is 3. The Labute approximate surface area is 94.4 Å². The SMILES string of the molecule is Cc1ccc(CCCC(=N)OC(=O)O)cc1. The van der Waals surface area contributed by atoms with E-state index in [1.165, 1.54) is 11.1 Å². The first kappa shape index (κ1) is 12.2. The molecule has 0 saturated heterocycles. The Morgan fingerprint density at radius 1 is 1.38 bits per heavy atom. The van der Waals surface area contributed by atoms with Crippen LogP contribution in [0.3, 0.4) is 0 Å². The van der Waals surface area contributed by atoms with Gasteiger partial charge in [0.25, 0.3) is 0 Å². The van der Waals surface area contributed by atoms with Gasteiger partial charge in [0.2, 0.25) is 0 Å². The van der Waals surface area contributed by atoms with Gasteiger partial charge in [-0.2, -0.15) is 0 Å². The highest BCUT2D eigenvalue weighted by atomic mass is 16.7. The predicted molar refractivity (Wildman–Crippen MR) is 61.0 cm³/mol. The zero-order valence-corrected chi connectivity index (χ0v) is 9.19. The lowest BCUT2D eigenvalue weighted by atomic mass is 10.1. The molecule has 86 valence electrons. The molecule has 0 amide bonds. The second-order valence-electron chi connectivity index (χ2n) is 3.63. The number of hydrogen-bond donors (Lipinski definition) is 2. The van der Waals surface area contributed by atoms with Crippen LogP contribution in [0.5, 0.6) is 0 Å². The second-order valence-corrected chi connectivity index (χ2v) is 3.63. The molecule has 0 aliphatic rings. The largest absolute Gasteiger partial charge is 0.512 e. The first-order valence-corrected chi connectivity index (χ1v) is 5.11.